The number of fused-ring (bicyclic) bond motifs is 1. The molecule has 2 N–H and O–H groups in total. The second kappa shape index (κ2) is 5.28. The Labute approximate surface area is 121 Å². The molecule has 1 heterocycles. The fourth-order valence-electron chi connectivity index (χ4n) is 2.32. The van der Waals surface area contributed by atoms with Crippen LogP contribution in [-0.2, 0) is 9.53 Å². The van der Waals surface area contributed by atoms with Crippen LogP contribution in [0.25, 0.3) is 0 Å². The average molecular weight is 282 g/mol. The standard InChI is InChI=1S/C16H14N2O3/c1-21-16(20)11-7-8-12-13(9-11)17-14(15(19)18-12)10-5-3-2-4-6-10/h2-9,14,17H,1H3,(H,18,19). The number of esters is 1. The number of nitrogens with one attached hydrogen (secondary N) is 2. The normalized spacial score (nSPS) is 16.4. The van der Waals surface area contributed by atoms with Crippen molar-refractivity contribution in [1.82, 2.24) is 0 Å². The lowest BCUT2D eigenvalue weighted by molar-refractivity contribution is -0.117. The van der Waals surface area contributed by atoms with Crippen LogP contribution in [0.5, 0.6) is 0 Å². The molecule has 0 aromatic heterocycles. The monoisotopic (exact) mass is 282 g/mol. The summed E-state index contributed by atoms with van der Waals surface area (Å²) in [6.45, 7) is 0. The van der Waals surface area contributed by atoms with E-state index in [0.29, 0.717) is 16.9 Å². The minimum atomic E-state index is -0.480. The number of amides is 1. The summed E-state index contributed by atoms with van der Waals surface area (Å²) < 4.78 is 4.71. The van der Waals surface area contributed by atoms with Gasteiger partial charge in [0.25, 0.3) is 5.91 Å². The van der Waals surface area contributed by atoms with E-state index in [1.165, 1.54) is 7.11 Å². The molecule has 1 atom stereocenters. The molecular formula is C16H14N2O3. The van der Waals surface area contributed by atoms with Gasteiger partial charge in [-0.2, -0.15) is 0 Å². The fraction of sp³-hybridized carbons (Fsp3) is 0.125. The Bertz CT molecular complexity index is 698. The first-order chi connectivity index (χ1) is 10.2. The number of anilines is 2. The highest BCUT2D eigenvalue weighted by Gasteiger charge is 2.27. The minimum absolute atomic E-state index is 0.125. The summed E-state index contributed by atoms with van der Waals surface area (Å²) >= 11 is 0. The first-order valence-corrected chi connectivity index (χ1v) is 6.54. The van der Waals surface area contributed by atoms with E-state index in [9.17, 15) is 9.59 Å². The second-order valence-corrected chi connectivity index (χ2v) is 4.73. The minimum Gasteiger partial charge on any atom is -0.465 e. The molecule has 0 aliphatic carbocycles. The predicted octanol–water partition coefficient (Wildman–Crippen LogP) is 2.58. The van der Waals surface area contributed by atoms with Crippen molar-refractivity contribution in [3.05, 3.63) is 59.7 Å². The van der Waals surface area contributed by atoms with E-state index in [4.69, 9.17) is 4.74 Å². The smallest absolute Gasteiger partial charge is 0.337 e. The summed E-state index contributed by atoms with van der Waals surface area (Å²) in [5, 5.41) is 6.00. The predicted molar refractivity (Wildman–Crippen MR) is 79.2 cm³/mol. The Kier molecular flexibility index (Phi) is 3.31. The second-order valence-electron chi connectivity index (χ2n) is 4.73. The molecule has 5 heteroatoms. The van der Waals surface area contributed by atoms with E-state index in [-0.39, 0.29) is 5.91 Å². The number of hydrogen-bond donors (Lipinski definition) is 2. The fourth-order valence-corrected chi connectivity index (χ4v) is 2.32. The van der Waals surface area contributed by atoms with Gasteiger partial charge in [0, 0.05) is 0 Å². The molecule has 0 spiro atoms. The highest BCUT2D eigenvalue weighted by atomic mass is 16.5. The number of methoxy groups -OCH3 is 1. The van der Waals surface area contributed by atoms with E-state index < -0.39 is 12.0 Å². The van der Waals surface area contributed by atoms with Crippen LogP contribution in [0.1, 0.15) is 22.0 Å². The van der Waals surface area contributed by atoms with Crippen molar-refractivity contribution in [1.29, 1.82) is 0 Å². The van der Waals surface area contributed by atoms with Crippen molar-refractivity contribution in [2.45, 2.75) is 6.04 Å². The zero-order valence-corrected chi connectivity index (χ0v) is 11.4. The maximum absolute atomic E-state index is 12.2. The number of benzene rings is 2. The quantitative estimate of drug-likeness (QED) is 0.831. The molecule has 1 aliphatic heterocycles. The Balaban J connectivity index is 1.95. The van der Waals surface area contributed by atoms with Crippen LogP contribution in [0.3, 0.4) is 0 Å². The zero-order valence-electron chi connectivity index (χ0n) is 11.4. The third-order valence-electron chi connectivity index (χ3n) is 3.39. The van der Waals surface area contributed by atoms with Gasteiger partial charge in [0.1, 0.15) is 6.04 Å². The van der Waals surface area contributed by atoms with Crippen molar-refractivity contribution >= 4 is 23.3 Å². The van der Waals surface area contributed by atoms with Gasteiger partial charge in [-0.3, -0.25) is 4.79 Å². The van der Waals surface area contributed by atoms with Crippen LogP contribution >= 0.6 is 0 Å². The van der Waals surface area contributed by atoms with E-state index in [2.05, 4.69) is 10.6 Å². The molecule has 3 rings (SSSR count). The SMILES string of the molecule is COC(=O)c1ccc2c(c1)NC(c1ccccc1)C(=O)N2. The molecule has 1 amide bonds. The van der Waals surface area contributed by atoms with Gasteiger partial charge in [-0.25, -0.2) is 4.79 Å². The van der Waals surface area contributed by atoms with Gasteiger partial charge in [-0.05, 0) is 23.8 Å². The first-order valence-electron chi connectivity index (χ1n) is 6.54. The Morgan fingerprint density at radius 2 is 1.86 bits per heavy atom. The highest BCUT2D eigenvalue weighted by Crippen LogP contribution is 2.33. The number of rotatable bonds is 2. The summed E-state index contributed by atoms with van der Waals surface area (Å²) in [6.07, 6.45) is 0. The van der Waals surface area contributed by atoms with Gasteiger partial charge in [-0.1, -0.05) is 30.3 Å². The summed E-state index contributed by atoms with van der Waals surface area (Å²) in [7, 11) is 1.34. The Morgan fingerprint density at radius 3 is 2.57 bits per heavy atom. The van der Waals surface area contributed by atoms with Gasteiger partial charge in [0.05, 0.1) is 24.0 Å². The van der Waals surface area contributed by atoms with E-state index in [1.807, 2.05) is 30.3 Å². The lowest BCUT2D eigenvalue weighted by Gasteiger charge is -2.27. The van der Waals surface area contributed by atoms with Crippen LogP contribution in [0.4, 0.5) is 11.4 Å². The topological polar surface area (TPSA) is 67.4 Å². The van der Waals surface area contributed by atoms with Crippen molar-refractivity contribution in [2.75, 3.05) is 17.7 Å². The zero-order chi connectivity index (χ0) is 14.8. The average Bonchev–Trinajstić information content (AvgIpc) is 2.54. The molecule has 1 aliphatic rings. The maximum atomic E-state index is 12.2. The summed E-state index contributed by atoms with van der Waals surface area (Å²) in [5.74, 6) is -0.535. The van der Waals surface area contributed by atoms with Gasteiger partial charge in [0.15, 0.2) is 0 Å². The molecule has 0 saturated heterocycles. The molecule has 2 aromatic carbocycles. The van der Waals surface area contributed by atoms with Crippen molar-refractivity contribution < 1.29 is 14.3 Å². The van der Waals surface area contributed by atoms with Gasteiger partial charge >= 0.3 is 5.97 Å². The number of carbonyl (C=O) groups excluding carboxylic acids is 2. The molecule has 0 fully saturated rings. The molecular weight excluding hydrogens is 268 g/mol. The molecule has 106 valence electrons. The molecule has 0 saturated carbocycles. The van der Waals surface area contributed by atoms with Crippen molar-refractivity contribution in [2.24, 2.45) is 0 Å². The maximum Gasteiger partial charge on any atom is 0.337 e. The first kappa shape index (κ1) is 13.2. The lowest BCUT2D eigenvalue weighted by atomic mass is 10.0. The van der Waals surface area contributed by atoms with Crippen LogP contribution < -0.4 is 10.6 Å². The Hall–Kier alpha value is -2.82. The van der Waals surface area contributed by atoms with Crippen LogP contribution in [0, 0.1) is 0 Å². The third-order valence-corrected chi connectivity index (χ3v) is 3.39. The summed E-state index contributed by atoms with van der Waals surface area (Å²) in [4.78, 5) is 23.7. The summed E-state index contributed by atoms with van der Waals surface area (Å²) in [6, 6.07) is 13.9. The number of hydrogen-bond acceptors (Lipinski definition) is 4. The van der Waals surface area contributed by atoms with E-state index in [1.54, 1.807) is 18.2 Å². The largest absolute Gasteiger partial charge is 0.465 e. The lowest BCUT2D eigenvalue weighted by Crippen LogP contribution is -2.32. The molecule has 2 aromatic rings. The molecule has 21 heavy (non-hydrogen) atoms. The molecule has 5 nitrogen and oxygen atoms in total. The molecule has 0 bridgehead atoms. The van der Waals surface area contributed by atoms with Crippen LogP contribution in [0.15, 0.2) is 48.5 Å². The highest BCUT2D eigenvalue weighted by molar-refractivity contribution is 6.04. The summed E-state index contributed by atoms with van der Waals surface area (Å²) in [5.41, 5.74) is 2.65. The van der Waals surface area contributed by atoms with Crippen LogP contribution in [-0.4, -0.2) is 19.0 Å². The Morgan fingerprint density at radius 1 is 1.10 bits per heavy atom. The van der Waals surface area contributed by atoms with E-state index in [0.717, 1.165) is 5.56 Å². The van der Waals surface area contributed by atoms with Crippen molar-refractivity contribution in [3.63, 3.8) is 0 Å². The van der Waals surface area contributed by atoms with Gasteiger partial charge < -0.3 is 15.4 Å². The van der Waals surface area contributed by atoms with E-state index >= 15 is 0 Å². The third kappa shape index (κ3) is 2.45. The molecule has 0 radical (unpaired) electrons. The van der Waals surface area contributed by atoms with Crippen molar-refractivity contribution in [3.8, 4) is 0 Å². The number of carbonyl (C=O) groups is 2. The molecule has 1 unspecified atom stereocenters. The number of ether oxygens (including phenoxy) is 1. The van der Waals surface area contributed by atoms with Crippen LogP contribution in [0.2, 0.25) is 0 Å². The van der Waals surface area contributed by atoms with Gasteiger partial charge in [0.2, 0.25) is 0 Å². The van der Waals surface area contributed by atoms with Gasteiger partial charge in [-0.15, -0.1) is 0 Å².